The molecule has 0 bridgehead atoms. The molecular formula is C9H11ClNS+. The molecular weight excluding hydrogens is 190 g/mol. The molecule has 0 saturated heterocycles. The molecule has 1 nitrogen and oxygen atoms in total. The molecule has 0 spiro atoms. The highest BCUT2D eigenvalue weighted by molar-refractivity contribution is 8.16. The molecule has 0 amide bonds. The van der Waals surface area contributed by atoms with E-state index in [1.54, 1.807) is 11.8 Å². The number of hydrogen-bond acceptors (Lipinski definition) is 1. The molecule has 0 aliphatic carbocycles. The Morgan fingerprint density at radius 2 is 1.83 bits per heavy atom. The SMILES string of the molecule is C[N+](C)=C(Cl)Sc1ccccc1. The normalized spacial score (nSPS) is 9.58. The Balaban J connectivity index is 2.72. The number of rotatable bonds is 1. The van der Waals surface area contributed by atoms with Gasteiger partial charge in [0.05, 0.1) is 0 Å². The zero-order valence-electron chi connectivity index (χ0n) is 7.12. The van der Waals surface area contributed by atoms with E-state index in [1.807, 2.05) is 49.0 Å². The van der Waals surface area contributed by atoms with E-state index in [0.717, 1.165) is 9.40 Å². The first-order chi connectivity index (χ1) is 5.70. The van der Waals surface area contributed by atoms with Gasteiger partial charge in [-0.1, -0.05) is 18.2 Å². The van der Waals surface area contributed by atoms with E-state index >= 15 is 0 Å². The van der Waals surface area contributed by atoms with Gasteiger partial charge in [-0.2, -0.15) is 0 Å². The largest absolute Gasteiger partial charge is 0.309 e. The number of thioether (sulfide) groups is 1. The molecule has 12 heavy (non-hydrogen) atoms. The summed E-state index contributed by atoms with van der Waals surface area (Å²) in [7, 11) is 3.86. The van der Waals surface area contributed by atoms with E-state index in [9.17, 15) is 0 Å². The van der Waals surface area contributed by atoms with Crippen LogP contribution in [0.15, 0.2) is 35.2 Å². The van der Waals surface area contributed by atoms with Gasteiger partial charge in [0, 0.05) is 4.90 Å². The van der Waals surface area contributed by atoms with Crippen molar-refractivity contribution < 1.29 is 4.58 Å². The van der Waals surface area contributed by atoms with E-state index in [-0.39, 0.29) is 0 Å². The van der Waals surface area contributed by atoms with Gasteiger partial charge >= 0.3 is 4.50 Å². The number of halogens is 1. The Morgan fingerprint density at radius 3 is 2.33 bits per heavy atom. The predicted octanol–water partition coefficient (Wildman–Crippen LogP) is 2.65. The highest BCUT2D eigenvalue weighted by Crippen LogP contribution is 2.20. The summed E-state index contributed by atoms with van der Waals surface area (Å²) in [6, 6.07) is 10.1. The molecule has 0 atom stereocenters. The first-order valence-electron chi connectivity index (χ1n) is 3.63. The summed E-state index contributed by atoms with van der Waals surface area (Å²) in [6.45, 7) is 0. The third-order valence-corrected chi connectivity index (χ3v) is 2.91. The molecule has 1 aromatic carbocycles. The molecule has 0 aliphatic rings. The zero-order chi connectivity index (χ0) is 8.97. The minimum Gasteiger partial charge on any atom is -0.219 e. The van der Waals surface area contributed by atoms with Crippen LogP contribution in [0.3, 0.4) is 0 Å². The second kappa shape index (κ2) is 4.53. The van der Waals surface area contributed by atoms with Gasteiger partial charge in [0.25, 0.3) is 0 Å². The molecule has 0 fully saturated rings. The van der Waals surface area contributed by atoms with Gasteiger partial charge in [-0.3, -0.25) is 0 Å². The molecule has 1 aromatic rings. The Labute approximate surface area is 82.1 Å². The summed E-state index contributed by atoms with van der Waals surface area (Å²) in [6.07, 6.45) is 0. The third kappa shape index (κ3) is 2.88. The smallest absolute Gasteiger partial charge is 0.219 e. The van der Waals surface area contributed by atoms with Crippen LogP contribution in [0.5, 0.6) is 0 Å². The lowest BCUT2D eigenvalue weighted by molar-refractivity contribution is -0.459. The van der Waals surface area contributed by atoms with Crippen molar-refractivity contribution in [3.63, 3.8) is 0 Å². The predicted molar refractivity (Wildman–Crippen MR) is 55.3 cm³/mol. The third-order valence-electron chi connectivity index (χ3n) is 1.30. The fourth-order valence-corrected chi connectivity index (χ4v) is 1.61. The van der Waals surface area contributed by atoms with Crippen LogP contribution in [-0.2, 0) is 0 Å². The molecule has 0 radical (unpaired) electrons. The highest BCUT2D eigenvalue weighted by Gasteiger charge is 2.04. The molecule has 64 valence electrons. The number of benzene rings is 1. The van der Waals surface area contributed by atoms with Crippen molar-refractivity contribution in [1.82, 2.24) is 0 Å². The minimum atomic E-state index is 0.779. The Bertz CT molecular complexity index is 278. The summed E-state index contributed by atoms with van der Waals surface area (Å²) in [5, 5.41) is 0. The van der Waals surface area contributed by atoms with Crippen LogP contribution in [0, 0.1) is 0 Å². The first-order valence-corrected chi connectivity index (χ1v) is 4.82. The fourth-order valence-electron chi connectivity index (χ4n) is 0.677. The lowest BCUT2D eigenvalue weighted by atomic mass is 10.4. The van der Waals surface area contributed by atoms with E-state index in [4.69, 9.17) is 11.6 Å². The monoisotopic (exact) mass is 200 g/mol. The molecule has 0 N–H and O–H groups in total. The first kappa shape index (κ1) is 9.62. The van der Waals surface area contributed by atoms with Gasteiger partial charge in [-0.05, 0) is 35.5 Å². The van der Waals surface area contributed by atoms with E-state index in [1.165, 1.54) is 0 Å². The van der Waals surface area contributed by atoms with E-state index in [2.05, 4.69) is 0 Å². The Hall–Kier alpha value is -0.470. The second-order valence-electron chi connectivity index (χ2n) is 2.56. The maximum absolute atomic E-state index is 5.96. The maximum atomic E-state index is 5.96. The summed E-state index contributed by atoms with van der Waals surface area (Å²) >= 11 is 7.52. The minimum absolute atomic E-state index is 0.779. The molecule has 0 unspecified atom stereocenters. The van der Waals surface area contributed by atoms with E-state index < -0.39 is 0 Å². The number of hydrogen-bond donors (Lipinski definition) is 0. The zero-order valence-corrected chi connectivity index (χ0v) is 8.69. The summed E-state index contributed by atoms with van der Waals surface area (Å²) in [5.74, 6) is 0. The van der Waals surface area contributed by atoms with Crippen molar-refractivity contribution in [2.45, 2.75) is 4.90 Å². The summed E-state index contributed by atoms with van der Waals surface area (Å²) in [5.41, 5.74) is 0. The van der Waals surface area contributed by atoms with Gasteiger partial charge in [-0.25, -0.2) is 4.58 Å². The lowest BCUT2D eigenvalue weighted by Crippen LogP contribution is -2.02. The maximum Gasteiger partial charge on any atom is 0.309 e. The van der Waals surface area contributed by atoms with Gasteiger partial charge in [0.2, 0.25) is 0 Å². The van der Waals surface area contributed by atoms with Crippen LogP contribution in [-0.4, -0.2) is 23.2 Å². The average Bonchev–Trinajstić information content (AvgIpc) is 2.06. The van der Waals surface area contributed by atoms with Crippen molar-refractivity contribution in [3.8, 4) is 0 Å². The van der Waals surface area contributed by atoms with Gasteiger partial charge < -0.3 is 0 Å². The van der Waals surface area contributed by atoms with Crippen LogP contribution < -0.4 is 0 Å². The molecule has 0 heterocycles. The Kier molecular flexibility index (Phi) is 3.63. The van der Waals surface area contributed by atoms with Crippen molar-refractivity contribution in [3.05, 3.63) is 30.3 Å². The number of nitrogens with zero attached hydrogens (tertiary/aromatic N) is 1. The van der Waals surface area contributed by atoms with Gasteiger partial charge in [-0.15, -0.1) is 0 Å². The van der Waals surface area contributed by atoms with Crippen LogP contribution in [0.1, 0.15) is 0 Å². The molecule has 1 rings (SSSR count). The molecule has 0 saturated carbocycles. The molecule has 0 aliphatic heterocycles. The highest BCUT2D eigenvalue weighted by atomic mass is 35.5. The summed E-state index contributed by atoms with van der Waals surface area (Å²) < 4.78 is 2.67. The average molecular weight is 201 g/mol. The molecule has 0 aromatic heterocycles. The van der Waals surface area contributed by atoms with Crippen LogP contribution in [0.2, 0.25) is 0 Å². The Morgan fingerprint density at radius 1 is 1.25 bits per heavy atom. The summed E-state index contributed by atoms with van der Waals surface area (Å²) in [4.78, 5) is 1.16. The fraction of sp³-hybridized carbons (Fsp3) is 0.222. The van der Waals surface area contributed by atoms with Crippen molar-refractivity contribution >= 4 is 27.9 Å². The van der Waals surface area contributed by atoms with Crippen LogP contribution in [0.25, 0.3) is 0 Å². The second-order valence-corrected chi connectivity index (χ2v) is 4.21. The van der Waals surface area contributed by atoms with Gasteiger partial charge in [0.1, 0.15) is 14.1 Å². The van der Waals surface area contributed by atoms with Crippen LogP contribution in [0.4, 0.5) is 0 Å². The van der Waals surface area contributed by atoms with Gasteiger partial charge in [0.15, 0.2) is 0 Å². The lowest BCUT2D eigenvalue weighted by Gasteiger charge is -1.95. The van der Waals surface area contributed by atoms with E-state index in [0.29, 0.717) is 0 Å². The van der Waals surface area contributed by atoms with Crippen molar-refractivity contribution in [2.75, 3.05) is 14.1 Å². The van der Waals surface area contributed by atoms with Crippen LogP contribution >= 0.6 is 23.4 Å². The molecule has 3 heteroatoms. The topological polar surface area (TPSA) is 3.01 Å². The quantitative estimate of drug-likeness (QED) is 0.292. The van der Waals surface area contributed by atoms with Crippen molar-refractivity contribution in [2.24, 2.45) is 0 Å². The van der Waals surface area contributed by atoms with Crippen molar-refractivity contribution in [1.29, 1.82) is 0 Å². The standard InChI is InChI=1S/C9H11ClNS/c1-11(2)9(10)12-8-6-4-3-5-7-8/h3-7H,1-2H3/q+1.